The quantitative estimate of drug-likeness (QED) is 0.635. The number of benzene rings is 2. The van der Waals surface area contributed by atoms with E-state index >= 15 is 0 Å². The zero-order valence-electron chi connectivity index (χ0n) is 17.4. The average Bonchev–Trinajstić information content (AvgIpc) is 2.79. The van der Waals surface area contributed by atoms with Gasteiger partial charge in [0, 0.05) is 29.5 Å². The maximum atomic E-state index is 12.7. The number of amides is 2. The molecule has 0 spiro atoms. The fourth-order valence-corrected chi connectivity index (χ4v) is 3.60. The van der Waals surface area contributed by atoms with Gasteiger partial charge in [0.2, 0.25) is 5.91 Å². The summed E-state index contributed by atoms with van der Waals surface area (Å²) in [6.07, 6.45) is 1.20. The second-order valence-electron chi connectivity index (χ2n) is 7.27. The Morgan fingerprint density at radius 3 is 2.42 bits per heavy atom. The van der Waals surface area contributed by atoms with Crippen molar-refractivity contribution in [2.75, 3.05) is 36.9 Å². The molecule has 1 fully saturated rings. The first-order chi connectivity index (χ1) is 15.0. The first-order valence-electron chi connectivity index (χ1n) is 10.3. The predicted molar refractivity (Wildman–Crippen MR) is 120 cm³/mol. The molecule has 0 saturated carbocycles. The Bertz CT molecular complexity index is 925. The van der Waals surface area contributed by atoms with Gasteiger partial charge in [-0.25, -0.2) is 0 Å². The van der Waals surface area contributed by atoms with Gasteiger partial charge in [0.25, 0.3) is 5.91 Å². The predicted octanol–water partition coefficient (Wildman–Crippen LogP) is 3.81. The van der Waals surface area contributed by atoms with Gasteiger partial charge < -0.3 is 20.3 Å². The molecule has 164 valence electrons. The van der Waals surface area contributed by atoms with Gasteiger partial charge in [-0.15, -0.1) is 0 Å². The average molecular weight is 444 g/mol. The second kappa shape index (κ2) is 10.8. The summed E-state index contributed by atoms with van der Waals surface area (Å²) in [5.74, 6) is -0.689. The highest BCUT2D eigenvalue weighted by molar-refractivity contribution is 6.30. The topological polar surface area (TPSA) is 87.7 Å². The number of rotatable bonds is 7. The minimum Gasteiger partial charge on any atom is -0.466 e. The lowest BCUT2D eigenvalue weighted by atomic mass is 9.97. The molecule has 0 bridgehead atoms. The Labute approximate surface area is 186 Å². The van der Waals surface area contributed by atoms with Crippen LogP contribution in [0.3, 0.4) is 0 Å². The van der Waals surface area contributed by atoms with E-state index in [1.54, 1.807) is 60.4 Å². The molecule has 0 aromatic heterocycles. The number of esters is 1. The van der Waals surface area contributed by atoms with Gasteiger partial charge in [0.1, 0.15) is 0 Å². The van der Waals surface area contributed by atoms with Crippen LogP contribution in [-0.2, 0) is 14.3 Å². The normalized spacial score (nSPS) is 14.1. The zero-order valence-corrected chi connectivity index (χ0v) is 18.2. The van der Waals surface area contributed by atoms with Crippen LogP contribution in [0.4, 0.5) is 11.4 Å². The van der Waals surface area contributed by atoms with Crippen molar-refractivity contribution in [3.63, 3.8) is 0 Å². The number of likely N-dealkylation sites (tertiary alicyclic amines) is 1. The number of hydrogen-bond donors (Lipinski definition) is 2. The number of halogens is 1. The number of hydrogen-bond acceptors (Lipinski definition) is 5. The fraction of sp³-hybridized carbons (Fsp3) is 0.348. The molecule has 8 heteroatoms. The Morgan fingerprint density at radius 2 is 1.74 bits per heavy atom. The maximum absolute atomic E-state index is 12.7. The van der Waals surface area contributed by atoms with Crippen LogP contribution in [-0.4, -0.2) is 48.9 Å². The molecular formula is C23H26ClN3O4. The molecule has 1 saturated heterocycles. The largest absolute Gasteiger partial charge is 0.466 e. The summed E-state index contributed by atoms with van der Waals surface area (Å²) in [4.78, 5) is 38.9. The van der Waals surface area contributed by atoms with E-state index in [4.69, 9.17) is 16.3 Å². The molecule has 31 heavy (non-hydrogen) atoms. The molecule has 1 aliphatic rings. The first-order valence-corrected chi connectivity index (χ1v) is 10.7. The van der Waals surface area contributed by atoms with Gasteiger partial charge in [-0.3, -0.25) is 14.4 Å². The lowest BCUT2D eigenvalue weighted by molar-refractivity contribution is -0.151. The van der Waals surface area contributed by atoms with E-state index in [0.29, 0.717) is 54.5 Å². The van der Waals surface area contributed by atoms with Gasteiger partial charge in [-0.1, -0.05) is 23.7 Å². The van der Waals surface area contributed by atoms with Crippen molar-refractivity contribution in [3.05, 3.63) is 59.1 Å². The molecule has 2 aromatic rings. The van der Waals surface area contributed by atoms with Crippen molar-refractivity contribution in [3.8, 4) is 0 Å². The molecule has 2 amide bonds. The van der Waals surface area contributed by atoms with E-state index in [2.05, 4.69) is 10.6 Å². The number of nitrogens with zero attached hydrogens (tertiary/aromatic N) is 1. The Kier molecular flexibility index (Phi) is 7.89. The number of ether oxygens (including phenoxy) is 1. The monoisotopic (exact) mass is 443 g/mol. The molecule has 0 atom stereocenters. The number of anilines is 2. The smallest absolute Gasteiger partial charge is 0.309 e. The minimum absolute atomic E-state index is 0.0648. The van der Waals surface area contributed by atoms with Crippen LogP contribution < -0.4 is 10.6 Å². The number of carbonyl (C=O) groups excluding carboxylic acids is 3. The molecule has 1 heterocycles. The van der Waals surface area contributed by atoms with E-state index in [9.17, 15) is 14.4 Å². The van der Waals surface area contributed by atoms with E-state index < -0.39 is 0 Å². The van der Waals surface area contributed by atoms with E-state index in [1.807, 2.05) is 0 Å². The Balaban J connectivity index is 1.55. The highest BCUT2D eigenvalue weighted by Crippen LogP contribution is 2.21. The lowest BCUT2D eigenvalue weighted by Gasteiger charge is -2.31. The molecule has 0 unspecified atom stereocenters. The van der Waals surface area contributed by atoms with Crippen LogP contribution in [0.2, 0.25) is 5.02 Å². The summed E-state index contributed by atoms with van der Waals surface area (Å²) in [6, 6.07) is 13.9. The van der Waals surface area contributed by atoms with Crippen LogP contribution in [0.1, 0.15) is 30.1 Å². The zero-order chi connectivity index (χ0) is 22.2. The van der Waals surface area contributed by atoms with Gasteiger partial charge in [-0.05, 0) is 56.2 Å². The van der Waals surface area contributed by atoms with Gasteiger partial charge in [0.15, 0.2) is 0 Å². The van der Waals surface area contributed by atoms with Crippen LogP contribution in [0.5, 0.6) is 0 Å². The summed E-state index contributed by atoms with van der Waals surface area (Å²) < 4.78 is 5.07. The number of carbonyl (C=O) groups is 3. The first kappa shape index (κ1) is 22.6. The third-order valence-corrected chi connectivity index (χ3v) is 5.42. The number of piperidine rings is 1. The fourth-order valence-electron chi connectivity index (χ4n) is 3.47. The Morgan fingerprint density at radius 1 is 1.06 bits per heavy atom. The lowest BCUT2D eigenvalue weighted by Crippen LogP contribution is -2.43. The summed E-state index contributed by atoms with van der Waals surface area (Å²) >= 11 is 5.88. The molecule has 2 aromatic carbocycles. The molecular weight excluding hydrogens is 418 g/mol. The van der Waals surface area contributed by atoms with Gasteiger partial charge in [-0.2, -0.15) is 0 Å². The van der Waals surface area contributed by atoms with Crippen molar-refractivity contribution in [1.29, 1.82) is 0 Å². The maximum Gasteiger partial charge on any atom is 0.309 e. The standard InChI is InChI=1S/C23H26ClN3O4/c1-2-31-23(30)16-11-13-27(14-12-16)21(28)15-25-20-6-4-3-5-19(20)22(29)26-18-9-7-17(24)8-10-18/h3-10,16,25H,2,11-15H2,1H3,(H,26,29). The number of nitrogens with one attached hydrogen (secondary N) is 2. The molecule has 2 N–H and O–H groups in total. The van der Waals surface area contributed by atoms with E-state index in [0.717, 1.165) is 0 Å². The van der Waals surface area contributed by atoms with Crippen LogP contribution >= 0.6 is 11.6 Å². The Hall–Kier alpha value is -3.06. The van der Waals surface area contributed by atoms with Crippen molar-refractivity contribution in [2.24, 2.45) is 5.92 Å². The molecule has 3 rings (SSSR count). The third kappa shape index (κ3) is 6.21. The van der Waals surface area contributed by atoms with Gasteiger partial charge >= 0.3 is 5.97 Å². The van der Waals surface area contributed by atoms with Crippen molar-refractivity contribution in [2.45, 2.75) is 19.8 Å². The van der Waals surface area contributed by atoms with Crippen LogP contribution in [0.15, 0.2) is 48.5 Å². The van der Waals surface area contributed by atoms with E-state index in [-0.39, 0.29) is 30.2 Å². The summed E-state index contributed by atoms with van der Waals surface area (Å²) in [6.45, 7) is 3.25. The summed E-state index contributed by atoms with van der Waals surface area (Å²) in [7, 11) is 0. The molecule has 7 nitrogen and oxygen atoms in total. The van der Waals surface area contributed by atoms with Crippen molar-refractivity contribution in [1.82, 2.24) is 4.90 Å². The highest BCUT2D eigenvalue weighted by Gasteiger charge is 2.28. The molecule has 1 aliphatic heterocycles. The SMILES string of the molecule is CCOC(=O)C1CCN(C(=O)CNc2ccccc2C(=O)Nc2ccc(Cl)cc2)CC1. The highest BCUT2D eigenvalue weighted by atomic mass is 35.5. The molecule has 0 aliphatic carbocycles. The van der Waals surface area contributed by atoms with Crippen molar-refractivity contribution < 1.29 is 19.1 Å². The second-order valence-corrected chi connectivity index (χ2v) is 7.70. The third-order valence-electron chi connectivity index (χ3n) is 5.17. The minimum atomic E-state index is -0.284. The summed E-state index contributed by atoms with van der Waals surface area (Å²) in [5, 5.41) is 6.49. The summed E-state index contributed by atoms with van der Waals surface area (Å²) in [5.41, 5.74) is 1.64. The number of para-hydroxylation sites is 1. The van der Waals surface area contributed by atoms with E-state index in [1.165, 1.54) is 0 Å². The van der Waals surface area contributed by atoms with Crippen LogP contribution in [0, 0.1) is 5.92 Å². The van der Waals surface area contributed by atoms with Gasteiger partial charge in [0.05, 0.1) is 24.6 Å². The molecule has 0 radical (unpaired) electrons. The van der Waals surface area contributed by atoms with Crippen LogP contribution in [0.25, 0.3) is 0 Å². The van der Waals surface area contributed by atoms with Crippen molar-refractivity contribution >= 4 is 40.8 Å².